The Hall–Kier alpha value is -2.64. The molecule has 2 heterocycles. The standard InChI is InChI=1S/C25H31NO6/c27-12-6-7-13-30-23-15-17(20-16-31-21-11-5-4-10-19(21)24(20)28)14-22(32-23)25(29)26-18-8-2-1-3-9-18/h4-5,10-11,14,16-18,23,27H,1-3,6-9,12-13,15H2,(H,26,29)/t17-,23+/m0/s1. The Morgan fingerprint density at radius 1 is 1.16 bits per heavy atom. The summed E-state index contributed by atoms with van der Waals surface area (Å²) in [5.74, 6) is -0.443. The average Bonchev–Trinajstić information content (AvgIpc) is 2.83. The molecule has 1 amide bonds. The topological polar surface area (TPSA) is 98.0 Å². The number of unbranched alkanes of at least 4 members (excludes halogenated alkanes) is 1. The minimum absolute atomic E-state index is 0.102. The minimum atomic E-state index is -0.651. The zero-order chi connectivity index (χ0) is 22.3. The second kappa shape index (κ2) is 10.8. The van der Waals surface area contributed by atoms with E-state index in [2.05, 4.69) is 5.32 Å². The van der Waals surface area contributed by atoms with E-state index in [1.54, 1.807) is 24.3 Å². The van der Waals surface area contributed by atoms with Crippen LogP contribution in [0.1, 0.15) is 62.8 Å². The van der Waals surface area contributed by atoms with Gasteiger partial charge in [-0.05, 0) is 43.9 Å². The summed E-state index contributed by atoms with van der Waals surface area (Å²) < 4.78 is 17.4. The molecule has 172 valence electrons. The smallest absolute Gasteiger partial charge is 0.286 e. The van der Waals surface area contributed by atoms with Gasteiger partial charge in [0.25, 0.3) is 5.91 Å². The second-order valence-electron chi connectivity index (χ2n) is 8.55. The third-order valence-electron chi connectivity index (χ3n) is 6.18. The summed E-state index contributed by atoms with van der Waals surface area (Å²) in [4.78, 5) is 26.1. The Balaban J connectivity index is 1.57. The number of hydrogen-bond acceptors (Lipinski definition) is 6. The number of amides is 1. The zero-order valence-electron chi connectivity index (χ0n) is 18.3. The van der Waals surface area contributed by atoms with E-state index in [0.717, 1.165) is 25.7 Å². The molecule has 7 nitrogen and oxygen atoms in total. The first-order chi connectivity index (χ1) is 15.7. The summed E-state index contributed by atoms with van der Waals surface area (Å²) >= 11 is 0. The van der Waals surface area contributed by atoms with E-state index in [0.29, 0.717) is 42.4 Å². The Labute approximate surface area is 187 Å². The van der Waals surface area contributed by atoms with Crippen molar-refractivity contribution >= 4 is 16.9 Å². The van der Waals surface area contributed by atoms with Crippen LogP contribution in [0.25, 0.3) is 11.0 Å². The van der Waals surface area contributed by atoms with Gasteiger partial charge in [-0.15, -0.1) is 0 Å². The monoisotopic (exact) mass is 441 g/mol. The lowest BCUT2D eigenvalue weighted by atomic mass is 9.92. The molecular weight excluding hydrogens is 410 g/mol. The van der Waals surface area contributed by atoms with Crippen LogP contribution >= 0.6 is 0 Å². The molecule has 4 rings (SSSR count). The van der Waals surface area contributed by atoms with E-state index >= 15 is 0 Å². The summed E-state index contributed by atoms with van der Waals surface area (Å²) in [5, 5.41) is 12.6. The van der Waals surface area contributed by atoms with Crippen LogP contribution in [0, 0.1) is 0 Å². The van der Waals surface area contributed by atoms with E-state index < -0.39 is 6.29 Å². The zero-order valence-corrected chi connectivity index (χ0v) is 18.3. The summed E-state index contributed by atoms with van der Waals surface area (Å²) in [7, 11) is 0. The highest BCUT2D eigenvalue weighted by molar-refractivity contribution is 5.92. The third kappa shape index (κ3) is 5.40. The van der Waals surface area contributed by atoms with Gasteiger partial charge in [0, 0.05) is 30.6 Å². The predicted octanol–water partition coefficient (Wildman–Crippen LogP) is 3.74. The van der Waals surface area contributed by atoms with E-state index in [-0.39, 0.29) is 35.7 Å². The van der Waals surface area contributed by atoms with Crippen LogP contribution in [-0.2, 0) is 14.3 Å². The van der Waals surface area contributed by atoms with Gasteiger partial charge in [0.2, 0.25) is 6.29 Å². The van der Waals surface area contributed by atoms with E-state index in [4.69, 9.17) is 19.0 Å². The van der Waals surface area contributed by atoms with E-state index in [9.17, 15) is 9.59 Å². The summed E-state index contributed by atoms with van der Waals surface area (Å²) in [6.07, 6.45) is 9.64. The van der Waals surface area contributed by atoms with Gasteiger partial charge in [-0.3, -0.25) is 9.59 Å². The minimum Gasteiger partial charge on any atom is -0.464 e. The number of fused-ring (bicyclic) bond motifs is 1. The van der Waals surface area contributed by atoms with Crippen molar-refractivity contribution in [3.63, 3.8) is 0 Å². The maximum absolute atomic E-state index is 13.1. The number of aliphatic hydroxyl groups is 1. The van der Waals surface area contributed by atoms with Crippen LogP contribution in [0.3, 0.4) is 0 Å². The fourth-order valence-electron chi connectivity index (χ4n) is 4.42. The Bertz CT molecular complexity index is 1010. The van der Waals surface area contributed by atoms with Crippen LogP contribution in [0.15, 0.2) is 51.6 Å². The Morgan fingerprint density at radius 2 is 1.97 bits per heavy atom. The molecule has 1 aliphatic carbocycles. The molecule has 2 N–H and O–H groups in total. The number of nitrogens with one attached hydrogen (secondary N) is 1. The lowest BCUT2D eigenvalue weighted by Gasteiger charge is -2.30. The number of carbonyl (C=O) groups is 1. The molecule has 1 aromatic heterocycles. The molecule has 0 unspecified atom stereocenters. The molecule has 1 fully saturated rings. The quantitative estimate of drug-likeness (QED) is 0.606. The number of allylic oxidation sites excluding steroid dienone is 1. The number of rotatable bonds is 8. The molecule has 2 atom stereocenters. The van der Waals surface area contributed by atoms with Crippen LogP contribution in [0.5, 0.6) is 0 Å². The lowest BCUT2D eigenvalue weighted by molar-refractivity contribution is -0.147. The molecule has 2 aliphatic rings. The van der Waals surface area contributed by atoms with Gasteiger partial charge in [0.15, 0.2) is 11.2 Å². The molecule has 1 aromatic carbocycles. The lowest BCUT2D eigenvalue weighted by Crippen LogP contribution is -2.40. The first kappa shape index (κ1) is 22.6. The maximum Gasteiger partial charge on any atom is 0.286 e. The fraction of sp³-hybridized carbons (Fsp3) is 0.520. The van der Waals surface area contributed by atoms with Crippen molar-refractivity contribution in [3.05, 3.63) is 58.2 Å². The van der Waals surface area contributed by atoms with E-state index in [1.165, 1.54) is 12.7 Å². The van der Waals surface area contributed by atoms with Gasteiger partial charge >= 0.3 is 0 Å². The molecule has 0 bridgehead atoms. The highest BCUT2D eigenvalue weighted by Crippen LogP contribution is 2.31. The van der Waals surface area contributed by atoms with Crippen LogP contribution in [-0.4, -0.2) is 36.6 Å². The highest BCUT2D eigenvalue weighted by atomic mass is 16.7. The second-order valence-corrected chi connectivity index (χ2v) is 8.55. The van der Waals surface area contributed by atoms with Gasteiger partial charge in [-0.25, -0.2) is 0 Å². The molecule has 1 aliphatic heterocycles. The van der Waals surface area contributed by atoms with Crippen molar-refractivity contribution < 1.29 is 23.8 Å². The summed E-state index contributed by atoms with van der Waals surface area (Å²) in [6.45, 7) is 0.506. The van der Waals surface area contributed by atoms with Crippen molar-refractivity contribution in [1.82, 2.24) is 5.32 Å². The van der Waals surface area contributed by atoms with Crippen LogP contribution in [0.2, 0.25) is 0 Å². The first-order valence-corrected chi connectivity index (χ1v) is 11.6. The number of ether oxygens (including phenoxy) is 2. The summed E-state index contributed by atoms with van der Waals surface area (Å²) in [5.41, 5.74) is 0.907. The van der Waals surface area contributed by atoms with Crippen molar-refractivity contribution in [1.29, 1.82) is 0 Å². The predicted molar refractivity (Wildman–Crippen MR) is 120 cm³/mol. The Morgan fingerprint density at radius 3 is 2.78 bits per heavy atom. The number of para-hydroxylation sites is 1. The maximum atomic E-state index is 13.1. The molecule has 32 heavy (non-hydrogen) atoms. The average molecular weight is 442 g/mol. The normalized spacial score (nSPS) is 21.7. The summed E-state index contributed by atoms with van der Waals surface area (Å²) in [6, 6.07) is 7.28. The van der Waals surface area contributed by atoms with Gasteiger partial charge in [-0.2, -0.15) is 0 Å². The van der Waals surface area contributed by atoms with Gasteiger partial charge in [0.1, 0.15) is 5.58 Å². The number of benzene rings is 1. The Kier molecular flexibility index (Phi) is 7.60. The molecule has 7 heteroatoms. The van der Waals surface area contributed by atoms with Crippen molar-refractivity contribution in [2.45, 2.75) is 69.6 Å². The largest absolute Gasteiger partial charge is 0.464 e. The fourth-order valence-corrected chi connectivity index (χ4v) is 4.42. The number of aliphatic hydroxyl groups excluding tert-OH is 1. The first-order valence-electron chi connectivity index (χ1n) is 11.6. The van der Waals surface area contributed by atoms with E-state index in [1.807, 2.05) is 6.07 Å². The van der Waals surface area contributed by atoms with Crippen molar-refractivity contribution in [2.75, 3.05) is 13.2 Å². The van der Waals surface area contributed by atoms with Gasteiger partial charge in [-0.1, -0.05) is 31.4 Å². The highest BCUT2D eigenvalue weighted by Gasteiger charge is 2.31. The molecule has 2 aromatic rings. The SMILES string of the molecule is O=C(NC1CCCCC1)C1=C[C@H](c2coc3ccccc3c2=O)C[C@H](OCCCCO)O1. The molecule has 0 saturated heterocycles. The van der Waals surface area contributed by atoms with Crippen LogP contribution in [0.4, 0.5) is 0 Å². The van der Waals surface area contributed by atoms with Crippen molar-refractivity contribution in [3.8, 4) is 0 Å². The van der Waals surface area contributed by atoms with Gasteiger partial charge in [0.05, 0.1) is 18.3 Å². The van der Waals surface area contributed by atoms with Crippen LogP contribution < -0.4 is 10.7 Å². The van der Waals surface area contributed by atoms with Crippen molar-refractivity contribution in [2.24, 2.45) is 0 Å². The molecule has 1 saturated carbocycles. The molecule has 0 spiro atoms. The third-order valence-corrected chi connectivity index (χ3v) is 6.18. The molecule has 0 radical (unpaired) electrons. The number of hydrogen-bond donors (Lipinski definition) is 2. The molecular formula is C25H31NO6. The number of carbonyl (C=O) groups excluding carboxylic acids is 1. The van der Waals surface area contributed by atoms with Gasteiger partial charge < -0.3 is 24.3 Å².